The number of piperazine rings is 1. The zero-order valence-corrected chi connectivity index (χ0v) is 9.94. The molecule has 0 aromatic heterocycles. The van der Waals surface area contributed by atoms with Gasteiger partial charge in [-0.2, -0.15) is 5.26 Å². The molecule has 1 fully saturated rings. The molecule has 1 atom stereocenters. The lowest BCUT2D eigenvalue weighted by Crippen LogP contribution is -2.49. The summed E-state index contributed by atoms with van der Waals surface area (Å²) in [6, 6.07) is 8.69. The molecular formula is C12H12ClN3O. The van der Waals surface area contributed by atoms with Crippen molar-refractivity contribution in [3.63, 3.8) is 0 Å². The Balaban J connectivity index is 2.31. The van der Waals surface area contributed by atoms with Crippen LogP contribution in [0.25, 0.3) is 0 Å². The van der Waals surface area contributed by atoms with Crippen molar-refractivity contribution < 1.29 is 4.79 Å². The lowest BCUT2D eigenvalue weighted by Gasteiger charge is -2.31. The molecule has 0 spiro atoms. The van der Waals surface area contributed by atoms with E-state index >= 15 is 0 Å². The summed E-state index contributed by atoms with van der Waals surface area (Å²) >= 11 is 6.06. The quantitative estimate of drug-likeness (QED) is 0.861. The van der Waals surface area contributed by atoms with Crippen LogP contribution in [-0.2, 0) is 4.79 Å². The Morgan fingerprint density at radius 3 is 2.88 bits per heavy atom. The van der Waals surface area contributed by atoms with Gasteiger partial charge in [0.1, 0.15) is 6.04 Å². The SMILES string of the molecule is N#CC(c1ccccc1Cl)N1CCNCC1=O. The molecule has 5 heteroatoms. The number of nitrogens with one attached hydrogen (secondary N) is 1. The second kappa shape index (κ2) is 5.17. The molecule has 0 saturated carbocycles. The lowest BCUT2D eigenvalue weighted by atomic mass is 10.1. The molecule has 1 amide bonds. The molecule has 1 saturated heterocycles. The van der Waals surface area contributed by atoms with Crippen molar-refractivity contribution in [3.05, 3.63) is 34.9 Å². The first kappa shape index (κ1) is 11.9. The molecule has 2 rings (SSSR count). The standard InChI is InChI=1S/C12H12ClN3O/c13-10-4-2-1-3-9(10)11(7-14)16-6-5-15-8-12(16)17/h1-4,11,15H,5-6,8H2. The summed E-state index contributed by atoms with van der Waals surface area (Å²) in [6.07, 6.45) is 0. The third-order valence-electron chi connectivity index (χ3n) is 2.76. The number of hydrogen-bond donors (Lipinski definition) is 1. The van der Waals surface area contributed by atoms with Crippen molar-refractivity contribution in [1.82, 2.24) is 10.2 Å². The van der Waals surface area contributed by atoms with E-state index in [-0.39, 0.29) is 12.5 Å². The Kier molecular flexibility index (Phi) is 3.62. The fraction of sp³-hybridized carbons (Fsp3) is 0.333. The summed E-state index contributed by atoms with van der Waals surface area (Å²) in [6.45, 7) is 1.51. The van der Waals surface area contributed by atoms with Crippen LogP contribution in [0.15, 0.2) is 24.3 Å². The van der Waals surface area contributed by atoms with Crippen LogP contribution < -0.4 is 5.32 Å². The predicted octanol–water partition coefficient (Wildman–Crippen LogP) is 1.34. The lowest BCUT2D eigenvalue weighted by molar-refractivity contribution is -0.133. The fourth-order valence-corrected chi connectivity index (χ4v) is 2.14. The van der Waals surface area contributed by atoms with Crippen LogP contribution in [0.1, 0.15) is 11.6 Å². The van der Waals surface area contributed by atoms with Gasteiger partial charge in [0.25, 0.3) is 0 Å². The maximum absolute atomic E-state index is 11.7. The maximum atomic E-state index is 11.7. The minimum Gasteiger partial charge on any atom is -0.320 e. The molecular weight excluding hydrogens is 238 g/mol. The van der Waals surface area contributed by atoms with Gasteiger partial charge in [-0.1, -0.05) is 29.8 Å². The van der Waals surface area contributed by atoms with Crippen LogP contribution in [0.4, 0.5) is 0 Å². The molecule has 4 nitrogen and oxygen atoms in total. The molecule has 1 aliphatic heterocycles. The van der Waals surface area contributed by atoms with E-state index < -0.39 is 6.04 Å². The van der Waals surface area contributed by atoms with E-state index in [0.717, 1.165) is 0 Å². The van der Waals surface area contributed by atoms with Gasteiger partial charge < -0.3 is 10.2 Å². The highest BCUT2D eigenvalue weighted by molar-refractivity contribution is 6.31. The van der Waals surface area contributed by atoms with Gasteiger partial charge in [-0.05, 0) is 6.07 Å². The number of hydrogen-bond acceptors (Lipinski definition) is 3. The summed E-state index contributed by atoms with van der Waals surface area (Å²) in [5.74, 6) is -0.0669. The number of halogens is 1. The highest BCUT2D eigenvalue weighted by atomic mass is 35.5. The minimum atomic E-state index is -0.599. The van der Waals surface area contributed by atoms with Crippen LogP contribution in [0.5, 0.6) is 0 Å². The number of carbonyl (C=O) groups excluding carboxylic acids is 1. The first-order valence-electron chi connectivity index (χ1n) is 5.38. The molecule has 1 heterocycles. The van der Waals surface area contributed by atoms with E-state index in [1.54, 1.807) is 23.1 Å². The zero-order valence-electron chi connectivity index (χ0n) is 9.19. The molecule has 1 aliphatic rings. The van der Waals surface area contributed by atoms with Crippen LogP contribution in [0.2, 0.25) is 5.02 Å². The van der Waals surface area contributed by atoms with Gasteiger partial charge in [0, 0.05) is 23.7 Å². The molecule has 0 bridgehead atoms. The summed E-state index contributed by atoms with van der Waals surface area (Å²) in [4.78, 5) is 13.3. The molecule has 0 aliphatic carbocycles. The predicted molar refractivity (Wildman–Crippen MR) is 64.4 cm³/mol. The second-order valence-corrected chi connectivity index (χ2v) is 4.22. The Labute approximate surface area is 105 Å². The van der Waals surface area contributed by atoms with E-state index in [1.807, 2.05) is 6.07 Å². The Bertz CT molecular complexity index is 469. The smallest absolute Gasteiger partial charge is 0.237 e. The Hall–Kier alpha value is -1.57. The second-order valence-electron chi connectivity index (χ2n) is 3.82. The fourth-order valence-electron chi connectivity index (χ4n) is 1.90. The highest BCUT2D eigenvalue weighted by Crippen LogP contribution is 2.27. The molecule has 1 unspecified atom stereocenters. The number of carbonyl (C=O) groups is 1. The van der Waals surface area contributed by atoms with E-state index in [4.69, 9.17) is 11.6 Å². The minimum absolute atomic E-state index is 0.0669. The third kappa shape index (κ3) is 2.41. The van der Waals surface area contributed by atoms with Crippen LogP contribution in [0, 0.1) is 11.3 Å². The number of amides is 1. The summed E-state index contributed by atoms with van der Waals surface area (Å²) in [5, 5.41) is 12.7. The number of nitriles is 1. The summed E-state index contributed by atoms with van der Waals surface area (Å²) in [5.41, 5.74) is 0.687. The normalized spacial score (nSPS) is 17.6. The van der Waals surface area contributed by atoms with E-state index in [0.29, 0.717) is 23.7 Å². The molecule has 88 valence electrons. The summed E-state index contributed by atoms with van der Waals surface area (Å²) in [7, 11) is 0. The van der Waals surface area contributed by atoms with Crippen molar-refractivity contribution in [3.8, 4) is 6.07 Å². The number of nitrogens with zero attached hydrogens (tertiary/aromatic N) is 2. The average molecular weight is 250 g/mol. The molecule has 1 aromatic rings. The van der Waals surface area contributed by atoms with Crippen molar-refractivity contribution in [2.24, 2.45) is 0 Å². The van der Waals surface area contributed by atoms with Crippen molar-refractivity contribution in [2.45, 2.75) is 6.04 Å². The average Bonchev–Trinajstić information content (AvgIpc) is 2.34. The zero-order chi connectivity index (χ0) is 12.3. The monoisotopic (exact) mass is 249 g/mol. The van der Waals surface area contributed by atoms with Gasteiger partial charge in [0.2, 0.25) is 5.91 Å². The van der Waals surface area contributed by atoms with Gasteiger partial charge in [-0.25, -0.2) is 0 Å². The van der Waals surface area contributed by atoms with Gasteiger partial charge in [0.05, 0.1) is 12.6 Å². The van der Waals surface area contributed by atoms with Crippen molar-refractivity contribution in [2.75, 3.05) is 19.6 Å². The molecule has 17 heavy (non-hydrogen) atoms. The van der Waals surface area contributed by atoms with Crippen LogP contribution in [0.3, 0.4) is 0 Å². The Morgan fingerprint density at radius 1 is 1.47 bits per heavy atom. The summed E-state index contributed by atoms with van der Waals surface area (Å²) < 4.78 is 0. The largest absolute Gasteiger partial charge is 0.320 e. The Morgan fingerprint density at radius 2 is 2.24 bits per heavy atom. The first-order valence-corrected chi connectivity index (χ1v) is 5.76. The van der Waals surface area contributed by atoms with E-state index in [1.165, 1.54) is 0 Å². The maximum Gasteiger partial charge on any atom is 0.237 e. The van der Waals surface area contributed by atoms with Crippen LogP contribution >= 0.6 is 11.6 Å². The molecule has 1 aromatic carbocycles. The third-order valence-corrected chi connectivity index (χ3v) is 3.10. The first-order chi connectivity index (χ1) is 8.24. The topological polar surface area (TPSA) is 56.1 Å². The van der Waals surface area contributed by atoms with Gasteiger partial charge in [-0.3, -0.25) is 4.79 Å². The molecule has 0 radical (unpaired) electrons. The van der Waals surface area contributed by atoms with E-state index in [2.05, 4.69) is 11.4 Å². The van der Waals surface area contributed by atoms with Gasteiger partial charge in [-0.15, -0.1) is 0 Å². The van der Waals surface area contributed by atoms with Gasteiger partial charge >= 0.3 is 0 Å². The molecule has 1 N–H and O–H groups in total. The number of rotatable bonds is 2. The highest BCUT2D eigenvalue weighted by Gasteiger charge is 2.28. The van der Waals surface area contributed by atoms with Gasteiger partial charge in [0.15, 0.2) is 0 Å². The van der Waals surface area contributed by atoms with E-state index in [9.17, 15) is 10.1 Å². The van der Waals surface area contributed by atoms with Crippen LogP contribution in [-0.4, -0.2) is 30.4 Å². The van der Waals surface area contributed by atoms with Crippen molar-refractivity contribution >= 4 is 17.5 Å². The van der Waals surface area contributed by atoms with Crippen molar-refractivity contribution in [1.29, 1.82) is 5.26 Å². The number of benzene rings is 1.